The molecule has 0 spiro atoms. The van der Waals surface area contributed by atoms with Gasteiger partial charge >= 0.3 is 0 Å². The van der Waals surface area contributed by atoms with Crippen LogP contribution < -0.4 is 0 Å². The van der Waals surface area contributed by atoms with Crippen LogP contribution in [0.4, 0.5) is 0 Å². The molecule has 0 fully saturated rings. The fourth-order valence-electron chi connectivity index (χ4n) is 3.13. The van der Waals surface area contributed by atoms with Crippen LogP contribution in [0.15, 0.2) is 103 Å². The van der Waals surface area contributed by atoms with Gasteiger partial charge in [0, 0.05) is 10.6 Å². The van der Waals surface area contributed by atoms with E-state index >= 15 is 0 Å². The molecule has 0 unspecified atom stereocenters. The van der Waals surface area contributed by atoms with Gasteiger partial charge in [0.15, 0.2) is 0 Å². The molecule has 0 aromatic heterocycles. The van der Waals surface area contributed by atoms with Crippen molar-refractivity contribution in [3.8, 4) is 0 Å². The molecular formula is C23H17Cl2P. The molecule has 1 heterocycles. The van der Waals surface area contributed by atoms with E-state index in [0.29, 0.717) is 0 Å². The normalized spacial score (nSPS) is 16.0. The van der Waals surface area contributed by atoms with Gasteiger partial charge in [-0.05, 0) is 34.4 Å². The van der Waals surface area contributed by atoms with Crippen molar-refractivity contribution in [1.82, 2.24) is 0 Å². The van der Waals surface area contributed by atoms with Gasteiger partial charge in [-0.2, -0.15) is 0 Å². The molecule has 0 saturated carbocycles. The van der Waals surface area contributed by atoms with Crippen molar-refractivity contribution in [2.75, 3.05) is 0 Å². The smallest absolute Gasteiger partial charge is 0.0748 e. The summed E-state index contributed by atoms with van der Waals surface area (Å²) < 4.78 is 0. The highest BCUT2D eigenvalue weighted by molar-refractivity contribution is 8.23. The fraction of sp³-hybridized carbons (Fsp3) is 0. The van der Waals surface area contributed by atoms with Crippen LogP contribution in [0.2, 0.25) is 0 Å². The second-order valence-electron chi connectivity index (χ2n) is 6.13. The van der Waals surface area contributed by atoms with Crippen molar-refractivity contribution < 1.29 is 0 Å². The lowest BCUT2D eigenvalue weighted by molar-refractivity contribution is 1.61. The van der Waals surface area contributed by atoms with E-state index < -0.39 is 5.59 Å². The predicted octanol–water partition coefficient (Wildman–Crippen LogP) is 7.67. The molecule has 3 heteroatoms. The van der Waals surface area contributed by atoms with E-state index in [0.717, 1.165) is 32.9 Å². The van der Waals surface area contributed by atoms with Crippen LogP contribution >= 0.6 is 28.1 Å². The van der Waals surface area contributed by atoms with E-state index in [9.17, 15) is 0 Å². The summed E-state index contributed by atoms with van der Waals surface area (Å²) in [6, 6.07) is 30.7. The van der Waals surface area contributed by atoms with E-state index in [4.69, 9.17) is 22.5 Å². The Kier molecular flexibility index (Phi) is 4.92. The average molecular weight is 395 g/mol. The molecule has 0 radical (unpaired) electrons. The van der Waals surface area contributed by atoms with Crippen molar-refractivity contribution in [1.29, 1.82) is 0 Å². The van der Waals surface area contributed by atoms with Gasteiger partial charge in [-0.25, -0.2) is 0 Å². The standard InChI is InChI=1S/C23H17Cl2P/c24-26(25)22(19-12-6-2-7-13-19)16-21(18-10-4-1-5-11-18)17-23(26)20-14-8-3-9-15-20/h1-17H. The topological polar surface area (TPSA) is 0 Å². The molecular weight excluding hydrogens is 378 g/mol. The number of rotatable bonds is 3. The van der Waals surface area contributed by atoms with Crippen molar-refractivity contribution in [3.63, 3.8) is 0 Å². The van der Waals surface area contributed by atoms with Gasteiger partial charge in [-0.15, -0.1) is 0 Å². The SMILES string of the molecule is ClP1(Cl)=C(c2ccccc2)C=C(c2ccccc2)C=C1c1ccccc1. The number of halogens is 2. The average Bonchev–Trinajstić information content (AvgIpc) is 2.69. The minimum atomic E-state index is -2.51. The van der Waals surface area contributed by atoms with E-state index in [1.807, 2.05) is 54.6 Å². The number of benzene rings is 3. The van der Waals surface area contributed by atoms with Gasteiger partial charge in [0.25, 0.3) is 0 Å². The van der Waals surface area contributed by atoms with Crippen LogP contribution in [0, 0.1) is 0 Å². The Bertz CT molecular complexity index is 1020. The van der Waals surface area contributed by atoms with Gasteiger partial charge in [-0.1, -0.05) is 113 Å². The first-order chi connectivity index (χ1) is 12.7. The van der Waals surface area contributed by atoms with Crippen LogP contribution in [0.25, 0.3) is 10.9 Å². The maximum atomic E-state index is 7.05. The molecule has 0 amide bonds. The number of allylic oxidation sites excluding steroid dienone is 3. The summed E-state index contributed by atoms with van der Waals surface area (Å²) >= 11 is 14.1. The van der Waals surface area contributed by atoms with Crippen LogP contribution in [-0.2, 0) is 0 Å². The molecule has 0 bridgehead atoms. The molecule has 26 heavy (non-hydrogen) atoms. The monoisotopic (exact) mass is 394 g/mol. The minimum Gasteiger partial charge on any atom is -0.0748 e. The maximum absolute atomic E-state index is 7.05. The van der Waals surface area contributed by atoms with Crippen LogP contribution in [-0.4, -0.2) is 5.29 Å². The summed E-state index contributed by atoms with van der Waals surface area (Å²) in [5.74, 6) is 0. The van der Waals surface area contributed by atoms with Gasteiger partial charge in [0.05, 0.1) is 5.59 Å². The third-order valence-electron chi connectivity index (χ3n) is 4.44. The largest absolute Gasteiger partial charge is 0.0970 e. The van der Waals surface area contributed by atoms with Crippen molar-refractivity contribution in [3.05, 3.63) is 120 Å². The molecule has 3 aromatic rings. The lowest BCUT2D eigenvalue weighted by Gasteiger charge is -2.25. The van der Waals surface area contributed by atoms with Gasteiger partial charge in [0.1, 0.15) is 0 Å². The molecule has 3 aromatic carbocycles. The Hall–Kier alpha value is -1.98. The Morgan fingerprint density at radius 1 is 0.500 bits per heavy atom. The Labute approximate surface area is 164 Å². The zero-order valence-electron chi connectivity index (χ0n) is 14.0. The zero-order chi connectivity index (χ0) is 18.0. The molecule has 1 aliphatic heterocycles. The third-order valence-corrected chi connectivity index (χ3v) is 8.61. The summed E-state index contributed by atoms with van der Waals surface area (Å²) in [6.45, 7) is 0. The summed E-state index contributed by atoms with van der Waals surface area (Å²) in [4.78, 5) is 0. The molecule has 128 valence electrons. The number of hydrogen-bond donors (Lipinski definition) is 0. The Morgan fingerprint density at radius 3 is 1.50 bits per heavy atom. The highest BCUT2D eigenvalue weighted by Crippen LogP contribution is 2.72. The molecule has 0 N–H and O–H groups in total. The Morgan fingerprint density at radius 2 is 0.962 bits per heavy atom. The van der Waals surface area contributed by atoms with E-state index in [1.165, 1.54) is 0 Å². The Balaban J connectivity index is 1.99. The summed E-state index contributed by atoms with van der Waals surface area (Å²) in [5, 5.41) is 2.00. The molecule has 0 aliphatic carbocycles. The quantitative estimate of drug-likeness (QED) is 0.399. The summed E-state index contributed by atoms with van der Waals surface area (Å²) in [5.41, 5.74) is 1.91. The molecule has 0 nitrogen and oxygen atoms in total. The second-order valence-corrected chi connectivity index (χ2v) is 11.7. The first-order valence-electron chi connectivity index (χ1n) is 8.42. The predicted molar refractivity (Wildman–Crippen MR) is 118 cm³/mol. The fourth-order valence-corrected chi connectivity index (χ4v) is 6.70. The second kappa shape index (κ2) is 7.33. The van der Waals surface area contributed by atoms with Crippen LogP contribution in [0.5, 0.6) is 0 Å². The molecule has 0 atom stereocenters. The van der Waals surface area contributed by atoms with Crippen molar-refractivity contribution in [2.45, 2.75) is 0 Å². The van der Waals surface area contributed by atoms with Crippen molar-refractivity contribution in [2.24, 2.45) is 0 Å². The van der Waals surface area contributed by atoms with Gasteiger partial charge in [0.2, 0.25) is 0 Å². The molecule has 4 rings (SSSR count). The number of hydrogen-bond acceptors (Lipinski definition) is 0. The highest BCUT2D eigenvalue weighted by atomic mass is 35.9. The van der Waals surface area contributed by atoms with E-state index in [1.54, 1.807) is 0 Å². The van der Waals surface area contributed by atoms with Gasteiger partial charge in [-0.3, -0.25) is 0 Å². The molecule has 0 saturated heterocycles. The van der Waals surface area contributed by atoms with Crippen LogP contribution in [0.3, 0.4) is 0 Å². The lowest BCUT2D eigenvalue weighted by Crippen LogP contribution is -2.03. The lowest BCUT2D eigenvalue weighted by atomic mass is 10.0. The maximum Gasteiger partial charge on any atom is 0.0970 e. The zero-order valence-corrected chi connectivity index (χ0v) is 16.4. The third kappa shape index (κ3) is 3.33. The van der Waals surface area contributed by atoms with Crippen molar-refractivity contribution >= 4 is 44.3 Å². The summed E-state index contributed by atoms with van der Waals surface area (Å²) in [7, 11) is 0. The minimum absolute atomic E-state index is 1.00. The molecule has 1 aliphatic rings. The van der Waals surface area contributed by atoms with E-state index in [-0.39, 0.29) is 0 Å². The van der Waals surface area contributed by atoms with E-state index in [2.05, 4.69) is 48.6 Å². The highest BCUT2D eigenvalue weighted by Gasteiger charge is 2.28. The summed E-state index contributed by atoms with van der Waals surface area (Å²) in [6.07, 6.45) is 4.29. The first-order valence-corrected chi connectivity index (χ1v) is 12.0. The van der Waals surface area contributed by atoms with Gasteiger partial charge < -0.3 is 0 Å². The first kappa shape index (κ1) is 17.4. The van der Waals surface area contributed by atoms with Crippen LogP contribution in [0.1, 0.15) is 16.7 Å².